The van der Waals surface area contributed by atoms with E-state index in [1.54, 1.807) is 6.07 Å². The van der Waals surface area contributed by atoms with Crippen molar-refractivity contribution in [2.75, 3.05) is 38.3 Å². The van der Waals surface area contributed by atoms with Crippen LogP contribution >= 0.6 is 0 Å². The Labute approximate surface area is 128 Å². The molecule has 1 amide bonds. The van der Waals surface area contributed by atoms with Gasteiger partial charge in [0.1, 0.15) is 11.9 Å². The Bertz CT molecular complexity index is 573. The maximum absolute atomic E-state index is 14.2. The predicted molar refractivity (Wildman–Crippen MR) is 78.6 cm³/mol. The van der Waals surface area contributed by atoms with E-state index in [4.69, 9.17) is 9.84 Å². The average molecular weight is 310 g/mol. The molecule has 1 aromatic rings. The summed E-state index contributed by atoms with van der Waals surface area (Å²) in [6.45, 7) is 3.68. The van der Waals surface area contributed by atoms with Crippen LogP contribution in [-0.2, 0) is 9.53 Å². The van der Waals surface area contributed by atoms with Crippen LogP contribution in [0.4, 0.5) is 10.1 Å². The molecule has 1 aliphatic rings. The summed E-state index contributed by atoms with van der Waals surface area (Å²) in [6, 6.07) is 3.24. The van der Waals surface area contributed by atoms with Crippen molar-refractivity contribution < 1.29 is 23.8 Å². The van der Waals surface area contributed by atoms with E-state index < -0.39 is 23.7 Å². The molecule has 120 valence electrons. The lowest BCUT2D eigenvalue weighted by Gasteiger charge is -2.29. The Morgan fingerprint density at radius 3 is 2.55 bits per heavy atom. The van der Waals surface area contributed by atoms with Gasteiger partial charge in [0.25, 0.3) is 5.91 Å². The second kappa shape index (κ2) is 6.74. The molecule has 1 fully saturated rings. The van der Waals surface area contributed by atoms with Gasteiger partial charge in [0.05, 0.1) is 18.9 Å². The standard InChI is InChI=1S/C15H19FN2O4/c1-10(15(20)21)17(2)14(19)11-3-4-13(12(16)9-11)18-5-7-22-8-6-18/h3-4,9-10H,5-8H2,1-2H3,(H,20,21)/t10-/m1/s1. The molecule has 6 nitrogen and oxygen atoms in total. The van der Waals surface area contributed by atoms with E-state index in [-0.39, 0.29) is 5.56 Å². The molecule has 1 atom stereocenters. The minimum Gasteiger partial charge on any atom is -0.480 e. The monoisotopic (exact) mass is 310 g/mol. The molecule has 7 heteroatoms. The molecule has 1 aliphatic heterocycles. The van der Waals surface area contributed by atoms with Crippen molar-refractivity contribution in [2.45, 2.75) is 13.0 Å². The van der Waals surface area contributed by atoms with Gasteiger partial charge in [-0.25, -0.2) is 9.18 Å². The number of carbonyl (C=O) groups is 2. The Hall–Kier alpha value is -2.15. The third-order valence-electron chi connectivity index (χ3n) is 3.81. The van der Waals surface area contributed by atoms with Crippen LogP contribution in [0.1, 0.15) is 17.3 Å². The van der Waals surface area contributed by atoms with Crippen LogP contribution in [0.25, 0.3) is 0 Å². The average Bonchev–Trinajstić information content (AvgIpc) is 2.53. The van der Waals surface area contributed by atoms with Gasteiger partial charge in [-0.3, -0.25) is 4.79 Å². The van der Waals surface area contributed by atoms with Crippen LogP contribution < -0.4 is 4.90 Å². The lowest BCUT2D eigenvalue weighted by Crippen LogP contribution is -2.40. The van der Waals surface area contributed by atoms with Crippen LogP contribution in [0.5, 0.6) is 0 Å². The number of ether oxygens (including phenoxy) is 1. The van der Waals surface area contributed by atoms with Gasteiger partial charge in [-0.15, -0.1) is 0 Å². The highest BCUT2D eigenvalue weighted by Crippen LogP contribution is 2.22. The minimum absolute atomic E-state index is 0.130. The molecule has 0 aromatic heterocycles. The molecule has 0 unspecified atom stereocenters. The largest absolute Gasteiger partial charge is 0.480 e. The number of amides is 1. The van der Waals surface area contributed by atoms with Gasteiger partial charge in [-0.05, 0) is 25.1 Å². The fourth-order valence-electron chi connectivity index (χ4n) is 2.25. The third-order valence-corrected chi connectivity index (χ3v) is 3.81. The quantitative estimate of drug-likeness (QED) is 0.905. The molecule has 0 bridgehead atoms. The molecule has 2 rings (SSSR count). The molecular weight excluding hydrogens is 291 g/mol. The number of halogens is 1. The first-order valence-electron chi connectivity index (χ1n) is 7.04. The molecule has 1 N–H and O–H groups in total. The summed E-state index contributed by atoms with van der Waals surface area (Å²) in [7, 11) is 1.38. The van der Waals surface area contributed by atoms with Gasteiger partial charge < -0.3 is 19.6 Å². The normalized spacial score (nSPS) is 16.2. The number of likely N-dealkylation sites (N-methyl/N-ethyl adjacent to an activating group) is 1. The first-order chi connectivity index (χ1) is 10.4. The molecule has 0 saturated carbocycles. The van der Waals surface area contributed by atoms with Crippen molar-refractivity contribution in [1.29, 1.82) is 0 Å². The fourth-order valence-corrected chi connectivity index (χ4v) is 2.25. The van der Waals surface area contributed by atoms with Gasteiger partial charge >= 0.3 is 5.97 Å². The Morgan fingerprint density at radius 2 is 2.00 bits per heavy atom. The van der Waals surface area contributed by atoms with E-state index in [1.807, 2.05) is 4.90 Å². The highest BCUT2D eigenvalue weighted by molar-refractivity contribution is 5.96. The first kappa shape index (κ1) is 16.2. The zero-order chi connectivity index (χ0) is 16.3. The van der Waals surface area contributed by atoms with Crippen molar-refractivity contribution >= 4 is 17.6 Å². The van der Waals surface area contributed by atoms with Crippen LogP contribution in [0.3, 0.4) is 0 Å². The van der Waals surface area contributed by atoms with Crippen LogP contribution in [0.2, 0.25) is 0 Å². The number of aliphatic carboxylic acids is 1. The Morgan fingerprint density at radius 1 is 1.36 bits per heavy atom. The second-order valence-electron chi connectivity index (χ2n) is 5.20. The lowest BCUT2D eigenvalue weighted by atomic mass is 10.1. The zero-order valence-corrected chi connectivity index (χ0v) is 12.6. The SMILES string of the molecule is C[C@H](C(=O)O)N(C)C(=O)c1ccc(N2CCOCC2)c(F)c1. The molecule has 0 radical (unpaired) electrons. The van der Waals surface area contributed by atoms with E-state index >= 15 is 0 Å². The third kappa shape index (κ3) is 3.36. The number of carbonyl (C=O) groups excluding carboxylic acids is 1. The number of hydrogen-bond acceptors (Lipinski definition) is 4. The Kier molecular flexibility index (Phi) is 4.97. The molecular formula is C15H19FN2O4. The zero-order valence-electron chi connectivity index (χ0n) is 12.6. The van der Waals surface area contributed by atoms with E-state index in [0.717, 1.165) is 11.0 Å². The molecule has 1 heterocycles. The smallest absolute Gasteiger partial charge is 0.326 e. The van der Waals surface area contributed by atoms with E-state index in [0.29, 0.717) is 32.0 Å². The van der Waals surface area contributed by atoms with Gasteiger partial charge in [0.2, 0.25) is 0 Å². The molecule has 1 saturated heterocycles. The summed E-state index contributed by atoms with van der Waals surface area (Å²) in [4.78, 5) is 26.0. The number of morpholine rings is 1. The van der Waals surface area contributed by atoms with Crippen molar-refractivity contribution in [2.24, 2.45) is 0 Å². The number of nitrogens with zero attached hydrogens (tertiary/aromatic N) is 2. The fraction of sp³-hybridized carbons (Fsp3) is 0.467. The van der Waals surface area contributed by atoms with Crippen LogP contribution in [0, 0.1) is 5.82 Å². The predicted octanol–water partition coefficient (Wildman–Crippen LogP) is 1.21. The molecule has 1 aromatic carbocycles. The minimum atomic E-state index is -1.11. The maximum Gasteiger partial charge on any atom is 0.326 e. The highest BCUT2D eigenvalue weighted by atomic mass is 19.1. The van der Waals surface area contributed by atoms with Gasteiger partial charge in [0.15, 0.2) is 0 Å². The van der Waals surface area contributed by atoms with Gasteiger partial charge in [0, 0.05) is 25.7 Å². The first-order valence-corrected chi connectivity index (χ1v) is 7.04. The summed E-state index contributed by atoms with van der Waals surface area (Å²) in [6.07, 6.45) is 0. The highest BCUT2D eigenvalue weighted by Gasteiger charge is 2.24. The maximum atomic E-state index is 14.2. The van der Waals surface area contributed by atoms with Crippen LogP contribution in [0.15, 0.2) is 18.2 Å². The number of benzene rings is 1. The van der Waals surface area contributed by atoms with E-state index in [2.05, 4.69) is 0 Å². The molecule has 22 heavy (non-hydrogen) atoms. The number of anilines is 1. The summed E-state index contributed by atoms with van der Waals surface area (Å²) in [5, 5.41) is 8.93. The van der Waals surface area contributed by atoms with Crippen LogP contribution in [-0.4, -0.2) is 61.3 Å². The number of carboxylic acids is 1. The van der Waals surface area contributed by atoms with Crippen molar-refractivity contribution in [3.05, 3.63) is 29.6 Å². The lowest BCUT2D eigenvalue weighted by molar-refractivity contribution is -0.141. The van der Waals surface area contributed by atoms with Crippen molar-refractivity contribution in [1.82, 2.24) is 4.90 Å². The summed E-state index contributed by atoms with van der Waals surface area (Å²) in [5.41, 5.74) is 0.555. The Balaban J connectivity index is 2.18. The van der Waals surface area contributed by atoms with Gasteiger partial charge in [-0.2, -0.15) is 0 Å². The van der Waals surface area contributed by atoms with E-state index in [9.17, 15) is 14.0 Å². The van der Waals surface area contributed by atoms with Gasteiger partial charge in [-0.1, -0.05) is 0 Å². The number of rotatable bonds is 4. The van der Waals surface area contributed by atoms with Crippen molar-refractivity contribution in [3.8, 4) is 0 Å². The summed E-state index contributed by atoms with van der Waals surface area (Å²) >= 11 is 0. The number of hydrogen-bond donors (Lipinski definition) is 1. The van der Waals surface area contributed by atoms with Crippen molar-refractivity contribution in [3.63, 3.8) is 0 Å². The summed E-state index contributed by atoms with van der Waals surface area (Å²) < 4.78 is 19.5. The second-order valence-corrected chi connectivity index (χ2v) is 5.20. The number of carboxylic acid groups (broad SMARTS) is 1. The molecule has 0 spiro atoms. The topological polar surface area (TPSA) is 70.1 Å². The summed E-state index contributed by atoms with van der Waals surface area (Å²) in [5.74, 6) is -2.13. The van der Waals surface area contributed by atoms with E-state index in [1.165, 1.54) is 20.0 Å². The molecule has 0 aliphatic carbocycles.